The molecule has 0 saturated carbocycles. The number of ketones is 1. The first-order chi connectivity index (χ1) is 11.7. The van der Waals surface area contributed by atoms with Crippen molar-refractivity contribution < 1.29 is 9.90 Å². The molecule has 9 heteroatoms. The van der Waals surface area contributed by atoms with Crippen LogP contribution in [0.4, 0.5) is 0 Å². The first-order valence-corrected chi connectivity index (χ1v) is 7.76. The molecule has 2 aromatic heterocycles. The number of benzene rings is 1. The number of hydrogen-bond donors (Lipinski definition) is 1. The molecule has 0 atom stereocenters. The maximum atomic E-state index is 12.7. The molecule has 0 amide bonds. The summed E-state index contributed by atoms with van der Waals surface area (Å²) in [4.78, 5) is 40.9. The molecule has 3 rings (SSSR count). The highest BCUT2D eigenvalue weighted by molar-refractivity contribution is 6.36. The minimum Gasteiger partial charge on any atom is -0.506 e. The smallest absolute Gasteiger partial charge is 0.332 e. The Morgan fingerprint density at radius 3 is 2.48 bits per heavy atom. The summed E-state index contributed by atoms with van der Waals surface area (Å²) in [6.07, 6.45) is 1.22. The topological polar surface area (TPSA) is 94.2 Å². The van der Waals surface area contributed by atoms with Gasteiger partial charge in [-0.15, -0.1) is 0 Å². The van der Waals surface area contributed by atoms with E-state index in [0.29, 0.717) is 0 Å². The molecule has 0 aliphatic heterocycles. The van der Waals surface area contributed by atoms with Crippen molar-refractivity contribution in [3.63, 3.8) is 0 Å². The van der Waals surface area contributed by atoms with Crippen LogP contribution in [0.1, 0.15) is 15.9 Å². The summed E-state index contributed by atoms with van der Waals surface area (Å²) in [5.74, 6) is -1.02. The van der Waals surface area contributed by atoms with Gasteiger partial charge in [-0.2, -0.15) is 0 Å². The average Bonchev–Trinajstić information content (AvgIpc) is 2.60. The predicted octanol–water partition coefficient (Wildman–Crippen LogP) is 1.88. The minimum atomic E-state index is -0.604. The van der Waals surface area contributed by atoms with Crippen molar-refractivity contribution in [3.05, 3.63) is 66.4 Å². The van der Waals surface area contributed by atoms with Crippen molar-refractivity contribution in [1.82, 2.24) is 14.1 Å². The van der Waals surface area contributed by atoms with E-state index in [9.17, 15) is 19.5 Å². The van der Waals surface area contributed by atoms with E-state index in [2.05, 4.69) is 4.98 Å². The molecule has 2 heterocycles. The molecule has 3 aromatic rings. The summed E-state index contributed by atoms with van der Waals surface area (Å²) in [7, 11) is 2.81. The van der Waals surface area contributed by atoms with Crippen LogP contribution in [-0.2, 0) is 14.1 Å². The number of hydrogen-bond acceptors (Lipinski definition) is 5. The Hall–Kier alpha value is -2.64. The molecule has 1 aromatic carbocycles. The molecular weight excluding hydrogens is 369 g/mol. The Kier molecular flexibility index (Phi) is 4.14. The van der Waals surface area contributed by atoms with Crippen LogP contribution in [0.3, 0.4) is 0 Å². The predicted molar refractivity (Wildman–Crippen MR) is 93.8 cm³/mol. The Morgan fingerprint density at radius 1 is 1.12 bits per heavy atom. The summed E-state index contributed by atoms with van der Waals surface area (Å²) < 4.78 is 2.13. The third-order valence-corrected chi connectivity index (χ3v) is 4.33. The normalized spacial score (nSPS) is 11.0. The van der Waals surface area contributed by atoms with Gasteiger partial charge in [-0.05, 0) is 18.2 Å². The van der Waals surface area contributed by atoms with Crippen LogP contribution in [0, 0.1) is 0 Å². The van der Waals surface area contributed by atoms with Gasteiger partial charge >= 0.3 is 5.69 Å². The number of carbonyl (C=O) groups excluding carboxylic acids is 1. The number of aromatic nitrogens is 3. The van der Waals surface area contributed by atoms with Gasteiger partial charge < -0.3 is 5.11 Å². The van der Waals surface area contributed by atoms with E-state index < -0.39 is 22.8 Å². The quantitative estimate of drug-likeness (QED) is 0.685. The number of halogens is 2. The van der Waals surface area contributed by atoms with Gasteiger partial charge in [0.05, 0.1) is 16.0 Å². The molecule has 0 unspecified atom stereocenters. The lowest BCUT2D eigenvalue weighted by molar-refractivity contribution is 0.103. The second kappa shape index (κ2) is 6.02. The summed E-state index contributed by atoms with van der Waals surface area (Å²) >= 11 is 11.7. The largest absolute Gasteiger partial charge is 0.506 e. The Labute approximate surface area is 150 Å². The Morgan fingerprint density at radius 2 is 1.80 bits per heavy atom. The third-order valence-electron chi connectivity index (χ3n) is 3.83. The SMILES string of the molecule is Cn1c(=O)c2cc(C(=O)c3cc(Cl)cc(Cl)c3O)cnc2n(C)c1=O. The van der Waals surface area contributed by atoms with Gasteiger partial charge in [-0.3, -0.25) is 18.7 Å². The van der Waals surface area contributed by atoms with E-state index in [-0.39, 0.29) is 32.2 Å². The third kappa shape index (κ3) is 2.71. The van der Waals surface area contributed by atoms with Crippen LogP contribution in [0.15, 0.2) is 34.0 Å². The van der Waals surface area contributed by atoms with Crippen molar-refractivity contribution in [2.24, 2.45) is 14.1 Å². The van der Waals surface area contributed by atoms with E-state index in [1.807, 2.05) is 0 Å². The molecule has 25 heavy (non-hydrogen) atoms. The van der Waals surface area contributed by atoms with Gasteiger partial charge in [0.15, 0.2) is 5.78 Å². The fraction of sp³-hybridized carbons (Fsp3) is 0.125. The zero-order valence-corrected chi connectivity index (χ0v) is 14.6. The van der Waals surface area contributed by atoms with Gasteiger partial charge in [0, 0.05) is 30.9 Å². The summed E-state index contributed by atoms with van der Waals surface area (Å²) in [6, 6.07) is 3.90. The Balaban J connectivity index is 2.26. The highest BCUT2D eigenvalue weighted by Gasteiger charge is 2.19. The van der Waals surface area contributed by atoms with E-state index in [4.69, 9.17) is 23.2 Å². The van der Waals surface area contributed by atoms with Gasteiger partial charge in [0.25, 0.3) is 5.56 Å². The van der Waals surface area contributed by atoms with Gasteiger partial charge in [-0.25, -0.2) is 9.78 Å². The highest BCUT2D eigenvalue weighted by atomic mass is 35.5. The highest BCUT2D eigenvalue weighted by Crippen LogP contribution is 2.32. The number of aromatic hydroxyl groups is 1. The maximum Gasteiger partial charge on any atom is 0.332 e. The van der Waals surface area contributed by atoms with Crippen LogP contribution in [0.5, 0.6) is 5.75 Å². The first kappa shape index (κ1) is 17.2. The lowest BCUT2D eigenvalue weighted by atomic mass is 10.0. The molecule has 7 nitrogen and oxygen atoms in total. The molecule has 0 fully saturated rings. The molecule has 128 valence electrons. The summed E-state index contributed by atoms with van der Waals surface area (Å²) in [5, 5.41) is 10.2. The van der Waals surface area contributed by atoms with E-state index in [0.717, 1.165) is 4.57 Å². The van der Waals surface area contributed by atoms with Crippen LogP contribution < -0.4 is 11.2 Å². The molecule has 0 aliphatic carbocycles. The first-order valence-electron chi connectivity index (χ1n) is 7.01. The second-order valence-corrected chi connectivity index (χ2v) is 6.26. The summed E-state index contributed by atoms with van der Waals surface area (Å²) in [6.45, 7) is 0. The molecule has 0 bridgehead atoms. The standard InChI is InChI=1S/C16H11Cl2N3O4/c1-20-14-10(15(24)21(2)16(20)25)3-7(6-19-14)12(22)9-4-8(17)5-11(18)13(9)23/h3-6,23H,1-2H3. The zero-order chi connectivity index (χ0) is 18.5. The van der Waals surface area contributed by atoms with Crippen LogP contribution in [0.25, 0.3) is 11.0 Å². The fourth-order valence-corrected chi connectivity index (χ4v) is 2.98. The van der Waals surface area contributed by atoms with E-state index in [1.165, 1.54) is 43.1 Å². The number of phenols is 1. The maximum absolute atomic E-state index is 12.7. The molecular formula is C16H11Cl2N3O4. The van der Waals surface area contributed by atoms with Crippen LogP contribution >= 0.6 is 23.2 Å². The van der Waals surface area contributed by atoms with E-state index >= 15 is 0 Å². The summed E-state index contributed by atoms with van der Waals surface area (Å²) in [5.41, 5.74) is -1.01. The van der Waals surface area contributed by atoms with Gasteiger partial charge in [0.1, 0.15) is 11.4 Å². The van der Waals surface area contributed by atoms with Crippen molar-refractivity contribution in [3.8, 4) is 5.75 Å². The molecule has 0 saturated heterocycles. The number of fused-ring (bicyclic) bond motifs is 1. The fourth-order valence-electron chi connectivity index (χ4n) is 2.48. The van der Waals surface area contributed by atoms with Crippen molar-refractivity contribution >= 4 is 40.0 Å². The molecule has 0 spiro atoms. The van der Waals surface area contributed by atoms with Crippen LogP contribution in [-0.4, -0.2) is 25.0 Å². The number of phenolic OH excluding ortho intramolecular Hbond substituents is 1. The molecule has 0 radical (unpaired) electrons. The van der Waals surface area contributed by atoms with Gasteiger partial charge in [-0.1, -0.05) is 23.2 Å². The number of carbonyl (C=O) groups is 1. The van der Waals surface area contributed by atoms with Gasteiger partial charge in [0.2, 0.25) is 0 Å². The average molecular weight is 380 g/mol. The molecule has 0 aliphatic rings. The number of nitrogens with zero attached hydrogens (tertiary/aromatic N) is 3. The minimum absolute atomic E-state index is 0.0527. The van der Waals surface area contributed by atoms with Crippen molar-refractivity contribution in [2.45, 2.75) is 0 Å². The van der Waals surface area contributed by atoms with Crippen molar-refractivity contribution in [1.29, 1.82) is 0 Å². The number of pyridine rings is 1. The lowest BCUT2D eigenvalue weighted by Crippen LogP contribution is -2.37. The van der Waals surface area contributed by atoms with E-state index in [1.54, 1.807) is 0 Å². The number of aryl methyl sites for hydroxylation is 1. The van der Waals surface area contributed by atoms with Crippen LogP contribution in [0.2, 0.25) is 10.0 Å². The monoisotopic (exact) mass is 379 g/mol. The lowest BCUT2D eigenvalue weighted by Gasteiger charge is -2.09. The second-order valence-electron chi connectivity index (χ2n) is 5.41. The number of rotatable bonds is 2. The van der Waals surface area contributed by atoms with Crippen molar-refractivity contribution in [2.75, 3.05) is 0 Å². The zero-order valence-electron chi connectivity index (χ0n) is 13.1. The Bertz CT molecular complexity index is 1160. The molecule has 1 N–H and O–H groups in total.